The summed E-state index contributed by atoms with van der Waals surface area (Å²) in [6, 6.07) is 11.7. The minimum atomic E-state index is -0.779. The predicted octanol–water partition coefficient (Wildman–Crippen LogP) is 4.62. The van der Waals surface area contributed by atoms with E-state index in [0.717, 1.165) is 17.7 Å². The maximum absolute atomic E-state index is 13.4. The molecule has 0 bridgehead atoms. The molecule has 0 saturated carbocycles. The second-order valence-electron chi connectivity index (χ2n) is 7.58. The van der Waals surface area contributed by atoms with Crippen LogP contribution in [0.25, 0.3) is 0 Å². The van der Waals surface area contributed by atoms with Crippen molar-refractivity contribution in [2.75, 3.05) is 20.1 Å². The Balaban J connectivity index is 1.85. The largest absolute Gasteiger partial charge is 0.340 e. The van der Waals surface area contributed by atoms with Gasteiger partial charge in [-0.1, -0.05) is 35.3 Å². The van der Waals surface area contributed by atoms with Gasteiger partial charge >= 0.3 is 0 Å². The number of likely N-dealkylation sites (N-methyl/N-ethyl adjacent to an activating group) is 1. The maximum atomic E-state index is 13.4. The zero-order valence-electron chi connectivity index (χ0n) is 15.6. The van der Waals surface area contributed by atoms with Gasteiger partial charge in [-0.05, 0) is 55.3 Å². The lowest BCUT2D eigenvalue weighted by atomic mass is 9.82. The molecule has 0 radical (unpaired) electrons. The average molecular weight is 409 g/mol. The molecular weight excluding hydrogens is 386 g/mol. The number of halogens is 3. The number of nitrogens with one attached hydrogen (secondary N) is 1. The third-order valence-electron chi connectivity index (χ3n) is 5.42. The first kappa shape index (κ1) is 20.1. The molecule has 144 valence electrons. The summed E-state index contributed by atoms with van der Waals surface area (Å²) >= 11 is 12.3. The first-order chi connectivity index (χ1) is 12.7. The Kier molecular flexibility index (Phi) is 5.80. The van der Waals surface area contributed by atoms with E-state index in [1.165, 1.54) is 12.1 Å². The first-order valence-electron chi connectivity index (χ1n) is 8.90. The van der Waals surface area contributed by atoms with E-state index in [4.69, 9.17) is 23.2 Å². The Morgan fingerprint density at radius 2 is 1.70 bits per heavy atom. The van der Waals surface area contributed by atoms with E-state index < -0.39 is 5.41 Å². The van der Waals surface area contributed by atoms with Crippen molar-refractivity contribution in [3.05, 3.63) is 69.5 Å². The highest BCUT2D eigenvalue weighted by atomic mass is 35.5. The fourth-order valence-corrected chi connectivity index (χ4v) is 4.28. The van der Waals surface area contributed by atoms with Crippen molar-refractivity contribution in [1.29, 1.82) is 0 Å². The van der Waals surface area contributed by atoms with Crippen LogP contribution < -0.4 is 5.32 Å². The number of nitrogens with zero attached hydrogens (tertiary/aromatic N) is 1. The van der Waals surface area contributed by atoms with Crippen molar-refractivity contribution in [3.8, 4) is 0 Å². The Morgan fingerprint density at radius 1 is 1.11 bits per heavy atom. The van der Waals surface area contributed by atoms with Gasteiger partial charge in [0, 0.05) is 36.1 Å². The van der Waals surface area contributed by atoms with E-state index in [-0.39, 0.29) is 23.7 Å². The minimum absolute atomic E-state index is 0.0124. The van der Waals surface area contributed by atoms with Crippen molar-refractivity contribution >= 4 is 29.1 Å². The Hall–Kier alpha value is -1.62. The molecule has 2 aromatic rings. The molecular formula is C21H23Cl2FN2O. The maximum Gasteiger partial charge on any atom is 0.232 e. The van der Waals surface area contributed by atoms with Crippen LogP contribution in [0.15, 0.2) is 42.5 Å². The molecule has 27 heavy (non-hydrogen) atoms. The number of rotatable bonds is 4. The fraction of sp³-hybridized carbons (Fsp3) is 0.381. The van der Waals surface area contributed by atoms with Crippen molar-refractivity contribution in [2.45, 2.75) is 31.2 Å². The number of carbonyl (C=O) groups is 1. The number of hydrogen-bond acceptors (Lipinski definition) is 2. The van der Waals surface area contributed by atoms with Gasteiger partial charge in [0.05, 0.1) is 11.5 Å². The van der Waals surface area contributed by atoms with E-state index in [0.29, 0.717) is 16.6 Å². The summed E-state index contributed by atoms with van der Waals surface area (Å²) in [4.78, 5) is 15.2. The van der Waals surface area contributed by atoms with Gasteiger partial charge in [0.15, 0.2) is 0 Å². The van der Waals surface area contributed by atoms with Crippen molar-refractivity contribution < 1.29 is 9.18 Å². The van der Waals surface area contributed by atoms with E-state index in [9.17, 15) is 9.18 Å². The molecule has 3 nitrogen and oxygen atoms in total. The molecule has 1 aliphatic heterocycles. The highest BCUT2D eigenvalue weighted by Gasteiger charge is 2.40. The van der Waals surface area contributed by atoms with Crippen LogP contribution in [-0.4, -0.2) is 37.0 Å². The molecule has 1 amide bonds. The van der Waals surface area contributed by atoms with Gasteiger partial charge < -0.3 is 10.2 Å². The van der Waals surface area contributed by atoms with Crippen LogP contribution in [0.4, 0.5) is 4.39 Å². The van der Waals surface area contributed by atoms with Gasteiger partial charge in [0.25, 0.3) is 0 Å². The van der Waals surface area contributed by atoms with Gasteiger partial charge in [-0.15, -0.1) is 0 Å². The Bertz CT molecular complexity index is 818. The second kappa shape index (κ2) is 7.78. The molecule has 3 rings (SSSR count). The van der Waals surface area contributed by atoms with E-state index in [1.54, 1.807) is 35.2 Å². The number of benzene rings is 2. The highest BCUT2D eigenvalue weighted by molar-refractivity contribution is 6.34. The summed E-state index contributed by atoms with van der Waals surface area (Å²) in [6.07, 6.45) is 0. The molecule has 1 N–H and O–H groups in total. The van der Waals surface area contributed by atoms with E-state index in [1.807, 2.05) is 20.9 Å². The topological polar surface area (TPSA) is 32.3 Å². The zero-order chi connectivity index (χ0) is 19.8. The molecule has 0 aliphatic carbocycles. The van der Waals surface area contributed by atoms with Crippen LogP contribution in [0.5, 0.6) is 0 Å². The Morgan fingerprint density at radius 3 is 2.30 bits per heavy atom. The smallest absolute Gasteiger partial charge is 0.232 e. The summed E-state index contributed by atoms with van der Waals surface area (Å²) in [7, 11) is 1.82. The monoisotopic (exact) mass is 408 g/mol. The lowest BCUT2D eigenvalue weighted by Gasteiger charge is -2.36. The molecule has 1 saturated heterocycles. The van der Waals surface area contributed by atoms with Gasteiger partial charge in [-0.25, -0.2) is 4.39 Å². The van der Waals surface area contributed by atoms with Gasteiger partial charge in [0.2, 0.25) is 5.91 Å². The van der Waals surface area contributed by atoms with Crippen LogP contribution in [0.2, 0.25) is 10.0 Å². The minimum Gasteiger partial charge on any atom is -0.340 e. The third-order valence-corrected chi connectivity index (χ3v) is 5.85. The summed E-state index contributed by atoms with van der Waals surface area (Å²) in [5.74, 6) is -0.162. The molecule has 0 unspecified atom stereocenters. The van der Waals surface area contributed by atoms with Crippen molar-refractivity contribution in [2.24, 2.45) is 0 Å². The third kappa shape index (κ3) is 4.13. The number of carbonyl (C=O) groups excluding carboxylic acids is 1. The predicted molar refractivity (Wildman–Crippen MR) is 108 cm³/mol. The van der Waals surface area contributed by atoms with Gasteiger partial charge in [0.1, 0.15) is 5.82 Å². The summed E-state index contributed by atoms with van der Waals surface area (Å²) in [5, 5.41) is 4.37. The normalized spacial score (nSPS) is 19.9. The Labute approximate surface area is 169 Å². The molecule has 1 fully saturated rings. The summed E-state index contributed by atoms with van der Waals surface area (Å²) < 4.78 is 13.3. The average Bonchev–Trinajstić information content (AvgIpc) is 3.10. The summed E-state index contributed by atoms with van der Waals surface area (Å²) in [6.45, 7) is 5.19. The first-order valence-corrected chi connectivity index (χ1v) is 9.66. The molecule has 0 aromatic heterocycles. The van der Waals surface area contributed by atoms with Crippen LogP contribution >= 0.6 is 23.2 Å². The standard InChI is InChI=1S/C21H23Cl2FN2O/c1-21(2,14-8-15(22)10-16(23)9-14)20(27)26(3)19-12-25-11-18(19)13-4-6-17(24)7-5-13/h4-10,18-19,25H,11-12H2,1-3H3/t18-,19+/m0/s1. The van der Waals surface area contributed by atoms with Gasteiger partial charge in [-0.3, -0.25) is 4.79 Å². The quantitative estimate of drug-likeness (QED) is 0.799. The summed E-state index contributed by atoms with van der Waals surface area (Å²) in [5.41, 5.74) is 1.02. The van der Waals surface area contributed by atoms with E-state index >= 15 is 0 Å². The SMILES string of the molecule is CN(C(=O)C(C)(C)c1cc(Cl)cc(Cl)c1)[C@@H]1CNC[C@H]1c1ccc(F)cc1. The molecule has 2 atom stereocenters. The van der Waals surface area contributed by atoms with Crippen LogP contribution in [0, 0.1) is 5.82 Å². The van der Waals surface area contributed by atoms with Crippen LogP contribution in [0.3, 0.4) is 0 Å². The van der Waals surface area contributed by atoms with Crippen molar-refractivity contribution in [1.82, 2.24) is 10.2 Å². The van der Waals surface area contributed by atoms with E-state index in [2.05, 4.69) is 5.32 Å². The van der Waals surface area contributed by atoms with Gasteiger partial charge in [-0.2, -0.15) is 0 Å². The molecule has 6 heteroatoms. The molecule has 1 heterocycles. The molecule has 1 aliphatic rings. The molecule has 2 aromatic carbocycles. The highest BCUT2D eigenvalue weighted by Crippen LogP contribution is 2.33. The fourth-order valence-electron chi connectivity index (χ4n) is 3.75. The second-order valence-corrected chi connectivity index (χ2v) is 8.46. The van der Waals surface area contributed by atoms with Crippen molar-refractivity contribution in [3.63, 3.8) is 0 Å². The number of amides is 1. The number of hydrogen-bond donors (Lipinski definition) is 1. The lowest BCUT2D eigenvalue weighted by Crippen LogP contribution is -2.48. The zero-order valence-corrected chi connectivity index (χ0v) is 17.1. The van der Waals surface area contributed by atoms with Crippen LogP contribution in [0.1, 0.15) is 30.9 Å². The molecule has 0 spiro atoms. The lowest BCUT2D eigenvalue weighted by molar-refractivity contribution is -0.137. The van der Waals surface area contributed by atoms with Crippen LogP contribution in [-0.2, 0) is 10.2 Å².